The number of nitro groups is 1. The Bertz CT molecular complexity index is 503. The fourth-order valence-corrected chi connectivity index (χ4v) is 1.50. The van der Waals surface area contributed by atoms with Gasteiger partial charge in [-0.3, -0.25) is 10.1 Å². The van der Waals surface area contributed by atoms with Crippen molar-refractivity contribution in [3.8, 4) is 0 Å². The molecule has 1 rings (SSSR count). The summed E-state index contributed by atoms with van der Waals surface area (Å²) in [6.07, 6.45) is 1.48. The van der Waals surface area contributed by atoms with Gasteiger partial charge >= 0.3 is 11.7 Å². The van der Waals surface area contributed by atoms with Crippen LogP contribution in [0.1, 0.15) is 10.5 Å². The average Bonchev–Trinajstić information content (AvgIpc) is 2.37. The second-order valence-electron chi connectivity index (χ2n) is 3.56. The first-order valence-corrected chi connectivity index (χ1v) is 5.36. The molecule has 0 fully saturated rings. The Morgan fingerprint density at radius 3 is 2.74 bits per heavy atom. The maximum atomic E-state index is 10.9. The number of aromatic carboxylic acids is 1. The Balaban J connectivity index is 3.32. The van der Waals surface area contributed by atoms with Crippen molar-refractivity contribution in [1.29, 1.82) is 0 Å². The van der Waals surface area contributed by atoms with Gasteiger partial charge in [0.1, 0.15) is 0 Å². The van der Waals surface area contributed by atoms with Gasteiger partial charge in [-0.25, -0.2) is 9.78 Å². The number of aliphatic hydroxyl groups excluding tert-OH is 1. The van der Waals surface area contributed by atoms with Crippen molar-refractivity contribution in [3.05, 3.63) is 40.6 Å². The van der Waals surface area contributed by atoms with Crippen LogP contribution in [-0.2, 0) is 0 Å². The summed E-state index contributed by atoms with van der Waals surface area (Å²) >= 11 is 0. The molecular formula is C11H13N3O5. The van der Waals surface area contributed by atoms with E-state index in [1.54, 1.807) is 0 Å². The quantitative estimate of drug-likeness (QED) is 0.423. The maximum absolute atomic E-state index is 10.9. The molecule has 1 aromatic rings. The standard InChI is InChI=1S/C11H13N3O5/c1-2-5-13(6-7-15)10-9(14(18)19)4-3-8(12-10)11(16)17/h2-4,15H,1,5-7H2,(H,16,17). The summed E-state index contributed by atoms with van der Waals surface area (Å²) in [4.78, 5) is 26.3. The van der Waals surface area contributed by atoms with Crippen molar-refractivity contribution in [2.45, 2.75) is 0 Å². The molecule has 0 amide bonds. The van der Waals surface area contributed by atoms with Crippen molar-refractivity contribution in [1.82, 2.24) is 4.98 Å². The lowest BCUT2D eigenvalue weighted by Gasteiger charge is -2.20. The van der Waals surface area contributed by atoms with E-state index < -0.39 is 10.9 Å². The highest BCUT2D eigenvalue weighted by atomic mass is 16.6. The maximum Gasteiger partial charge on any atom is 0.354 e. The minimum Gasteiger partial charge on any atom is -0.477 e. The van der Waals surface area contributed by atoms with Crippen LogP contribution in [0, 0.1) is 10.1 Å². The summed E-state index contributed by atoms with van der Waals surface area (Å²) in [6, 6.07) is 2.15. The largest absolute Gasteiger partial charge is 0.477 e. The summed E-state index contributed by atoms with van der Waals surface area (Å²) in [5, 5.41) is 28.7. The Morgan fingerprint density at radius 2 is 2.26 bits per heavy atom. The lowest BCUT2D eigenvalue weighted by atomic mass is 10.3. The van der Waals surface area contributed by atoms with E-state index in [9.17, 15) is 14.9 Å². The van der Waals surface area contributed by atoms with Gasteiger partial charge in [0.15, 0.2) is 5.69 Å². The number of rotatable bonds is 7. The molecule has 19 heavy (non-hydrogen) atoms. The van der Waals surface area contributed by atoms with Gasteiger partial charge in [0.05, 0.1) is 11.5 Å². The molecule has 0 bridgehead atoms. The number of hydrogen-bond acceptors (Lipinski definition) is 6. The zero-order valence-electron chi connectivity index (χ0n) is 10.0. The zero-order chi connectivity index (χ0) is 14.4. The fourth-order valence-electron chi connectivity index (χ4n) is 1.50. The first-order chi connectivity index (χ1) is 9.01. The molecule has 0 aliphatic heterocycles. The number of pyridine rings is 1. The molecule has 0 aliphatic carbocycles. The van der Waals surface area contributed by atoms with Gasteiger partial charge in [0.2, 0.25) is 5.82 Å². The van der Waals surface area contributed by atoms with Crippen LogP contribution in [0.3, 0.4) is 0 Å². The highest BCUT2D eigenvalue weighted by molar-refractivity contribution is 5.86. The van der Waals surface area contributed by atoms with Crippen molar-refractivity contribution >= 4 is 17.5 Å². The van der Waals surface area contributed by atoms with Crippen LogP contribution in [0.25, 0.3) is 0 Å². The second-order valence-corrected chi connectivity index (χ2v) is 3.56. The number of aromatic nitrogens is 1. The minimum atomic E-state index is -1.28. The molecule has 1 heterocycles. The van der Waals surface area contributed by atoms with E-state index >= 15 is 0 Å². The summed E-state index contributed by atoms with van der Waals surface area (Å²) in [5.74, 6) is -1.38. The van der Waals surface area contributed by atoms with Crippen LogP contribution in [0.2, 0.25) is 0 Å². The fraction of sp³-hybridized carbons (Fsp3) is 0.273. The van der Waals surface area contributed by atoms with Gasteiger partial charge in [-0.05, 0) is 6.07 Å². The molecule has 1 aromatic heterocycles. The number of aliphatic hydroxyl groups is 1. The van der Waals surface area contributed by atoms with Crippen LogP contribution in [0.5, 0.6) is 0 Å². The molecule has 8 heteroatoms. The Hall–Kier alpha value is -2.48. The number of carbonyl (C=O) groups is 1. The topological polar surface area (TPSA) is 117 Å². The summed E-state index contributed by atoms with van der Waals surface area (Å²) < 4.78 is 0. The lowest BCUT2D eigenvalue weighted by molar-refractivity contribution is -0.384. The number of carboxylic acid groups (broad SMARTS) is 1. The molecule has 0 spiro atoms. The molecule has 0 saturated heterocycles. The Morgan fingerprint density at radius 1 is 1.58 bits per heavy atom. The smallest absolute Gasteiger partial charge is 0.354 e. The molecule has 0 saturated carbocycles. The third-order valence-corrected chi connectivity index (χ3v) is 2.29. The summed E-state index contributed by atoms with van der Waals surface area (Å²) in [5.41, 5.74) is -0.618. The minimum absolute atomic E-state index is 0.0862. The first-order valence-electron chi connectivity index (χ1n) is 5.36. The average molecular weight is 267 g/mol. The van der Waals surface area contributed by atoms with E-state index in [0.29, 0.717) is 0 Å². The molecule has 0 aliphatic rings. The van der Waals surface area contributed by atoms with Crippen LogP contribution >= 0.6 is 0 Å². The van der Waals surface area contributed by atoms with E-state index in [0.717, 1.165) is 12.1 Å². The molecule has 0 radical (unpaired) electrons. The predicted octanol–water partition coefficient (Wildman–Crippen LogP) is 0.673. The van der Waals surface area contributed by atoms with Crippen LogP contribution in [0.4, 0.5) is 11.5 Å². The molecule has 0 unspecified atom stereocenters. The number of nitrogens with zero attached hydrogens (tertiary/aromatic N) is 3. The van der Waals surface area contributed by atoms with E-state index in [1.807, 2.05) is 0 Å². The SMILES string of the molecule is C=CCN(CCO)c1nc(C(=O)O)ccc1[N+](=O)[O-]. The summed E-state index contributed by atoms with van der Waals surface area (Å²) in [7, 11) is 0. The first kappa shape index (κ1) is 14.6. The number of anilines is 1. The van der Waals surface area contributed by atoms with Gasteiger partial charge in [-0.2, -0.15) is 0 Å². The van der Waals surface area contributed by atoms with Crippen LogP contribution in [0.15, 0.2) is 24.8 Å². The number of hydrogen-bond donors (Lipinski definition) is 2. The van der Waals surface area contributed by atoms with Crippen molar-refractivity contribution in [2.24, 2.45) is 0 Å². The highest BCUT2D eigenvalue weighted by Crippen LogP contribution is 2.26. The van der Waals surface area contributed by atoms with Gasteiger partial charge in [0, 0.05) is 19.2 Å². The molecule has 0 atom stereocenters. The highest BCUT2D eigenvalue weighted by Gasteiger charge is 2.22. The second kappa shape index (κ2) is 6.45. The third-order valence-electron chi connectivity index (χ3n) is 2.29. The molecule has 2 N–H and O–H groups in total. The van der Waals surface area contributed by atoms with Crippen LogP contribution < -0.4 is 4.90 Å². The van der Waals surface area contributed by atoms with Gasteiger partial charge in [-0.15, -0.1) is 6.58 Å². The predicted molar refractivity (Wildman–Crippen MR) is 67.3 cm³/mol. The van der Waals surface area contributed by atoms with Crippen molar-refractivity contribution in [3.63, 3.8) is 0 Å². The third kappa shape index (κ3) is 3.49. The van der Waals surface area contributed by atoms with Crippen molar-refractivity contribution < 1.29 is 19.9 Å². The van der Waals surface area contributed by atoms with Crippen molar-refractivity contribution in [2.75, 3.05) is 24.6 Å². The number of carboxylic acids is 1. The zero-order valence-corrected chi connectivity index (χ0v) is 10.0. The molecule has 102 valence electrons. The normalized spacial score (nSPS) is 9.95. The van der Waals surface area contributed by atoms with E-state index in [1.165, 1.54) is 11.0 Å². The monoisotopic (exact) mass is 267 g/mol. The van der Waals surface area contributed by atoms with E-state index in [4.69, 9.17) is 10.2 Å². The summed E-state index contributed by atoms with van der Waals surface area (Å²) in [6.45, 7) is 3.55. The van der Waals surface area contributed by atoms with Gasteiger partial charge in [0.25, 0.3) is 0 Å². The van der Waals surface area contributed by atoms with E-state index in [2.05, 4.69) is 11.6 Å². The molecule has 0 aromatic carbocycles. The Kier molecular flexibility index (Phi) is 4.95. The van der Waals surface area contributed by atoms with E-state index in [-0.39, 0.29) is 36.9 Å². The lowest BCUT2D eigenvalue weighted by Crippen LogP contribution is -2.28. The molecular weight excluding hydrogens is 254 g/mol. The molecule has 8 nitrogen and oxygen atoms in total. The van der Waals surface area contributed by atoms with Crippen LogP contribution in [-0.4, -0.2) is 45.8 Å². The Labute approximate surface area is 108 Å². The van der Waals surface area contributed by atoms with Gasteiger partial charge < -0.3 is 15.1 Å². The van der Waals surface area contributed by atoms with Gasteiger partial charge in [-0.1, -0.05) is 6.08 Å².